The molecule has 29 heavy (non-hydrogen) atoms. The molecule has 0 spiro atoms. The molecule has 1 rings (SSSR count). The fourth-order valence-electron chi connectivity index (χ4n) is 2.98. The van der Waals surface area contributed by atoms with Gasteiger partial charge < -0.3 is 19.8 Å². The Balaban J connectivity index is 2.02. The summed E-state index contributed by atoms with van der Waals surface area (Å²) in [5, 5.41) is 12.2. The van der Waals surface area contributed by atoms with Gasteiger partial charge in [0, 0.05) is 45.1 Å². The lowest BCUT2D eigenvalue weighted by atomic mass is 10.0. The number of carbonyl (C=O) groups excluding carboxylic acids is 3. The standard InChI is InChI=1S/C19H34IN2O6P/c1-29(2,27)28-14-15(13-23)8-5-6-10-21-17(24)9-4-3-7-11-22-18(25)12-16(20)19(22)26/h15-16,23,27H,1,3-14H2,2H3,(H,21,24). The molecule has 3 atom stereocenters. The fourth-order valence-corrected chi connectivity index (χ4v) is 4.22. The first-order valence-corrected chi connectivity index (χ1v) is 13.6. The van der Waals surface area contributed by atoms with Crippen LogP contribution in [0.5, 0.6) is 0 Å². The Morgan fingerprint density at radius 1 is 1.34 bits per heavy atom. The van der Waals surface area contributed by atoms with Gasteiger partial charge in [0.1, 0.15) is 7.34 Å². The Hall–Kier alpha value is -0.480. The molecule has 0 aromatic heterocycles. The predicted molar refractivity (Wildman–Crippen MR) is 123 cm³/mol. The van der Waals surface area contributed by atoms with Gasteiger partial charge in [-0.15, -0.1) is 0 Å². The number of likely N-dealkylation sites (tertiary alicyclic amines) is 1. The molecule has 168 valence electrons. The van der Waals surface area contributed by atoms with Crippen LogP contribution >= 0.6 is 29.9 Å². The molecular formula is C19H34IN2O6P. The van der Waals surface area contributed by atoms with Crippen molar-refractivity contribution in [1.82, 2.24) is 10.2 Å². The molecule has 3 amide bonds. The van der Waals surface area contributed by atoms with Gasteiger partial charge in [-0.3, -0.25) is 19.3 Å². The number of hydrogen-bond donors (Lipinski definition) is 3. The fraction of sp³-hybridized carbons (Fsp3) is 0.789. The van der Waals surface area contributed by atoms with Gasteiger partial charge in [-0.1, -0.05) is 41.7 Å². The number of nitrogens with zero attached hydrogens (tertiary/aromatic N) is 1. The molecule has 3 unspecified atom stereocenters. The summed E-state index contributed by atoms with van der Waals surface area (Å²) in [6.07, 6.45) is 8.97. The van der Waals surface area contributed by atoms with Crippen molar-refractivity contribution >= 4 is 54.0 Å². The number of carbonyl (C=O) groups is 3. The summed E-state index contributed by atoms with van der Waals surface area (Å²) in [4.78, 5) is 46.2. The minimum Gasteiger partial charge on any atom is -0.396 e. The van der Waals surface area contributed by atoms with Crippen LogP contribution in [0.4, 0.5) is 0 Å². The van der Waals surface area contributed by atoms with E-state index in [1.54, 1.807) is 6.66 Å². The maximum absolute atomic E-state index is 11.9. The zero-order valence-electron chi connectivity index (χ0n) is 17.1. The largest absolute Gasteiger partial charge is 0.396 e. The zero-order chi connectivity index (χ0) is 21.9. The Kier molecular flexibility index (Phi) is 12.6. The smallest absolute Gasteiger partial charge is 0.242 e. The highest BCUT2D eigenvalue weighted by Crippen LogP contribution is 2.36. The van der Waals surface area contributed by atoms with Crippen LogP contribution < -0.4 is 5.32 Å². The maximum atomic E-state index is 11.9. The third kappa shape index (κ3) is 11.5. The van der Waals surface area contributed by atoms with Crippen LogP contribution in [0.2, 0.25) is 0 Å². The van der Waals surface area contributed by atoms with E-state index in [1.807, 2.05) is 22.6 Å². The van der Waals surface area contributed by atoms with Gasteiger partial charge in [-0.05, 0) is 25.7 Å². The van der Waals surface area contributed by atoms with E-state index >= 15 is 0 Å². The van der Waals surface area contributed by atoms with Crippen LogP contribution in [0.3, 0.4) is 0 Å². The number of halogens is 1. The number of aliphatic hydroxyl groups is 1. The third-order valence-electron chi connectivity index (χ3n) is 4.68. The van der Waals surface area contributed by atoms with Gasteiger partial charge in [0.15, 0.2) is 0 Å². The van der Waals surface area contributed by atoms with Crippen LogP contribution in [0, 0.1) is 5.92 Å². The lowest BCUT2D eigenvalue weighted by Crippen LogP contribution is -2.31. The molecule has 0 aromatic rings. The van der Waals surface area contributed by atoms with Gasteiger partial charge in [-0.25, -0.2) is 0 Å². The van der Waals surface area contributed by atoms with Gasteiger partial charge >= 0.3 is 0 Å². The van der Waals surface area contributed by atoms with Crippen LogP contribution in [0.1, 0.15) is 51.4 Å². The quantitative estimate of drug-likeness (QED) is 0.0955. The summed E-state index contributed by atoms with van der Waals surface area (Å²) < 4.78 is 5.05. The molecule has 0 saturated carbocycles. The van der Waals surface area contributed by atoms with Gasteiger partial charge in [-0.2, -0.15) is 0 Å². The number of hydrogen-bond acceptors (Lipinski definition) is 6. The zero-order valence-corrected chi connectivity index (χ0v) is 20.2. The van der Waals surface area contributed by atoms with Gasteiger partial charge in [0.25, 0.3) is 0 Å². The summed E-state index contributed by atoms with van der Waals surface area (Å²) in [7, 11) is -2.53. The average Bonchev–Trinajstić information content (AvgIpc) is 2.88. The van der Waals surface area contributed by atoms with Crippen molar-refractivity contribution in [1.29, 1.82) is 0 Å². The number of unbranched alkanes of at least 4 members (excludes halogenated alkanes) is 3. The number of rotatable bonds is 15. The minimum absolute atomic E-state index is 0.000520. The van der Waals surface area contributed by atoms with E-state index in [2.05, 4.69) is 11.6 Å². The molecule has 0 radical (unpaired) electrons. The predicted octanol–water partition coefficient (Wildman–Crippen LogP) is 1.92. The first-order valence-electron chi connectivity index (χ1n) is 10.1. The second-order valence-electron chi connectivity index (χ2n) is 7.61. The van der Waals surface area contributed by atoms with Crippen LogP contribution in [0.15, 0.2) is 0 Å². The lowest BCUT2D eigenvalue weighted by Gasteiger charge is -2.18. The monoisotopic (exact) mass is 544 g/mol. The van der Waals surface area contributed by atoms with Crippen molar-refractivity contribution in [2.45, 2.75) is 55.3 Å². The molecule has 1 fully saturated rings. The summed E-state index contributed by atoms with van der Waals surface area (Å²) >= 11 is 2.00. The van der Waals surface area contributed by atoms with Crippen molar-refractivity contribution in [3.8, 4) is 0 Å². The minimum atomic E-state index is -2.53. The van der Waals surface area contributed by atoms with Crippen LogP contribution in [-0.4, -0.2) is 75.8 Å². The molecule has 1 aliphatic heterocycles. The molecule has 0 aromatic carbocycles. The van der Waals surface area contributed by atoms with Crippen molar-refractivity contribution in [3.05, 3.63) is 0 Å². The molecule has 10 heteroatoms. The second-order valence-corrected chi connectivity index (χ2v) is 11.5. The SMILES string of the molecule is C=P(C)(O)OCC(CO)CCCCNC(=O)CCCCCN1C(=O)CC(I)C1=O. The molecule has 8 nitrogen and oxygen atoms in total. The van der Waals surface area contributed by atoms with E-state index in [9.17, 15) is 24.4 Å². The topological polar surface area (TPSA) is 116 Å². The molecule has 1 heterocycles. The maximum Gasteiger partial charge on any atom is 0.242 e. The molecular weight excluding hydrogens is 510 g/mol. The molecule has 1 aliphatic rings. The Labute approximate surface area is 187 Å². The van der Waals surface area contributed by atoms with Crippen LogP contribution in [0.25, 0.3) is 0 Å². The summed E-state index contributed by atoms with van der Waals surface area (Å²) in [5.41, 5.74) is 0. The van der Waals surface area contributed by atoms with E-state index in [-0.39, 0.29) is 34.2 Å². The van der Waals surface area contributed by atoms with Crippen molar-refractivity contribution < 1.29 is 28.9 Å². The Morgan fingerprint density at radius 3 is 2.66 bits per heavy atom. The van der Waals surface area contributed by atoms with Crippen LogP contribution in [-0.2, 0) is 18.9 Å². The van der Waals surface area contributed by atoms with Gasteiger partial charge in [0.05, 0.1) is 10.5 Å². The molecule has 0 bridgehead atoms. The normalized spacial score (nSPS) is 20.0. The summed E-state index contributed by atoms with van der Waals surface area (Å²) in [6, 6.07) is 0. The Morgan fingerprint density at radius 2 is 2.07 bits per heavy atom. The number of aliphatic hydroxyl groups excluding tert-OH is 1. The highest BCUT2D eigenvalue weighted by Gasteiger charge is 2.36. The van der Waals surface area contributed by atoms with Gasteiger partial charge in [0.2, 0.25) is 17.7 Å². The first-order chi connectivity index (χ1) is 13.6. The first kappa shape index (κ1) is 26.6. The molecule has 0 aliphatic carbocycles. The van der Waals surface area contributed by atoms with E-state index in [4.69, 9.17) is 4.52 Å². The number of amides is 3. The average molecular weight is 544 g/mol. The van der Waals surface area contributed by atoms with E-state index in [1.165, 1.54) is 4.90 Å². The van der Waals surface area contributed by atoms with E-state index < -0.39 is 7.34 Å². The lowest BCUT2D eigenvalue weighted by molar-refractivity contribution is -0.138. The molecule has 3 N–H and O–H groups in total. The third-order valence-corrected chi connectivity index (χ3v) is 6.36. The van der Waals surface area contributed by atoms with E-state index in [0.717, 1.165) is 38.5 Å². The molecule has 1 saturated heterocycles. The Bertz CT molecular complexity index is 597. The second kappa shape index (κ2) is 13.7. The summed E-state index contributed by atoms with van der Waals surface area (Å²) in [5.74, 6) is -0.219. The number of imide groups is 1. The van der Waals surface area contributed by atoms with E-state index in [0.29, 0.717) is 32.5 Å². The van der Waals surface area contributed by atoms with Crippen molar-refractivity contribution in [2.24, 2.45) is 5.92 Å². The highest BCUT2D eigenvalue weighted by atomic mass is 127. The van der Waals surface area contributed by atoms with Crippen molar-refractivity contribution in [2.75, 3.05) is 33.0 Å². The highest BCUT2D eigenvalue weighted by molar-refractivity contribution is 14.1. The number of alkyl halides is 1. The number of nitrogens with one attached hydrogen (secondary N) is 1. The summed E-state index contributed by atoms with van der Waals surface area (Å²) in [6.45, 7) is 2.88. The van der Waals surface area contributed by atoms with Crippen molar-refractivity contribution in [3.63, 3.8) is 0 Å².